The van der Waals surface area contributed by atoms with Gasteiger partial charge in [0.2, 0.25) is 0 Å². The van der Waals surface area contributed by atoms with Crippen molar-refractivity contribution >= 4 is 15.9 Å². The van der Waals surface area contributed by atoms with Gasteiger partial charge in [0, 0.05) is 16.5 Å². The van der Waals surface area contributed by atoms with E-state index in [-0.39, 0.29) is 5.60 Å². The van der Waals surface area contributed by atoms with Gasteiger partial charge in [-0.15, -0.1) is 0 Å². The Morgan fingerprint density at radius 2 is 2.00 bits per heavy atom. The van der Waals surface area contributed by atoms with Crippen LogP contribution < -0.4 is 9.47 Å². The van der Waals surface area contributed by atoms with Crippen molar-refractivity contribution in [2.24, 2.45) is 0 Å². The van der Waals surface area contributed by atoms with Gasteiger partial charge >= 0.3 is 0 Å². The quantitative estimate of drug-likeness (QED) is 0.777. The Kier molecular flexibility index (Phi) is 2.81. The maximum absolute atomic E-state index is 6.28. The zero-order chi connectivity index (χ0) is 11.9. The highest BCUT2D eigenvalue weighted by Gasteiger charge is 2.42. The van der Waals surface area contributed by atoms with Crippen molar-refractivity contribution in [1.82, 2.24) is 0 Å². The monoisotopic (exact) mass is 296 g/mol. The molecule has 0 amide bonds. The van der Waals surface area contributed by atoms with Gasteiger partial charge in [-0.1, -0.05) is 22.4 Å². The van der Waals surface area contributed by atoms with Crippen molar-refractivity contribution in [3.05, 3.63) is 22.2 Å². The van der Waals surface area contributed by atoms with E-state index in [1.54, 1.807) is 7.11 Å². The van der Waals surface area contributed by atoms with Crippen molar-refractivity contribution in [1.29, 1.82) is 0 Å². The SMILES string of the molecule is COc1ccc(Br)c2c1OC1(CCCCC1)C2. The van der Waals surface area contributed by atoms with Gasteiger partial charge in [0.1, 0.15) is 5.60 Å². The lowest BCUT2D eigenvalue weighted by molar-refractivity contribution is 0.0507. The molecule has 1 aliphatic carbocycles. The number of hydrogen-bond donors (Lipinski definition) is 0. The molecule has 2 aliphatic rings. The van der Waals surface area contributed by atoms with Crippen LogP contribution in [0.25, 0.3) is 0 Å². The molecule has 17 heavy (non-hydrogen) atoms. The van der Waals surface area contributed by atoms with Crippen molar-refractivity contribution in [2.75, 3.05) is 7.11 Å². The molecule has 1 aromatic rings. The van der Waals surface area contributed by atoms with E-state index < -0.39 is 0 Å². The smallest absolute Gasteiger partial charge is 0.166 e. The van der Waals surface area contributed by atoms with Crippen LogP contribution in [0.2, 0.25) is 0 Å². The van der Waals surface area contributed by atoms with Gasteiger partial charge in [0.05, 0.1) is 7.11 Å². The van der Waals surface area contributed by atoms with E-state index >= 15 is 0 Å². The van der Waals surface area contributed by atoms with Crippen molar-refractivity contribution in [3.8, 4) is 11.5 Å². The average Bonchev–Trinajstić information content (AvgIpc) is 2.71. The molecule has 1 fully saturated rings. The molecular formula is C14H17BrO2. The minimum atomic E-state index is 0.0533. The first-order valence-electron chi connectivity index (χ1n) is 6.28. The molecule has 3 rings (SSSR count). The van der Waals surface area contributed by atoms with Crippen LogP contribution in [-0.2, 0) is 6.42 Å². The molecule has 0 saturated heterocycles. The second kappa shape index (κ2) is 4.20. The van der Waals surface area contributed by atoms with E-state index in [4.69, 9.17) is 9.47 Å². The molecule has 92 valence electrons. The highest BCUT2D eigenvalue weighted by Crippen LogP contribution is 2.49. The van der Waals surface area contributed by atoms with Crippen LogP contribution in [0.1, 0.15) is 37.7 Å². The summed E-state index contributed by atoms with van der Waals surface area (Å²) in [5.41, 5.74) is 1.34. The Morgan fingerprint density at radius 1 is 1.24 bits per heavy atom. The summed E-state index contributed by atoms with van der Waals surface area (Å²) in [6.45, 7) is 0. The summed E-state index contributed by atoms with van der Waals surface area (Å²) in [4.78, 5) is 0. The lowest BCUT2D eigenvalue weighted by Gasteiger charge is -2.32. The molecule has 1 spiro atoms. The van der Waals surface area contributed by atoms with Gasteiger partial charge < -0.3 is 9.47 Å². The zero-order valence-electron chi connectivity index (χ0n) is 10.1. The van der Waals surface area contributed by atoms with Gasteiger partial charge in [0.25, 0.3) is 0 Å². The van der Waals surface area contributed by atoms with Crippen LogP contribution in [0.3, 0.4) is 0 Å². The fraction of sp³-hybridized carbons (Fsp3) is 0.571. The lowest BCUT2D eigenvalue weighted by atomic mass is 9.82. The first-order chi connectivity index (χ1) is 8.24. The molecule has 1 saturated carbocycles. The molecule has 0 atom stereocenters. The first-order valence-corrected chi connectivity index (χ1v) is 7.08. The summed E-state index contributed by atoms with van der Waals surface area (Å²) >= 11 is 3.63. The normalized spacial score (nSPS) is 21.1. The van der Waals surface area contributed by atoms with Crippen LogP contribution in [0.5, 0.6) is 11.5 Å². The molecule has 0 aromatic heterocycles. The van der Waals surface area contributed by atoms with E-state index in [2.05, 4.69) is 22.0 Å². The van der Waals surface area contributed by atoms with Crippen molar-refractivity contribution < 1.29 is 9.47 Å². The van der Waals surface area contributed by atoms with Gasteiger partial charge in [-0.3, -0.25) is 0 Å². The standard InChI is InChI=1S/C14H17BrO2/c1-16-12-6-5-11(15)10-9-14(17-13(10)12)7-3-2-4-8-14/h5-6H,2-4,7-9H2,1H3. The molecule has 0 bridgehead atoms. The summed E-state index contributed by atoms with van der Waals surface area (Å²) in [6.07, 6.45) is 7.30. The maximum Gasteiger partial charge on any atom is 0.166 e. The molecule has 1 heterocycles. The maximum atomic E-state index is 6.28. The Bertz CT molecular complexity index is 436. The number of methoxy groups -OCH3 is 1. The molecule has 0 unspecified atom stereocenters. The van der Waals surface area contributed by atoms with E-state index in [1.807, 2.05) is 6.07 Å². The number of hydrogen-bond acceptors (Lipinski definition) is 2. The predicted molar refractivity (Wildman–Crippen MR) is 70.8 cm³/mol. The van der Waals surface area contributed by atoms with E-state index in [1.165, 1.54) is 37.7 Å². The molecule has 3 heteroatoms. The third-order valence-electron chi connectivity index (χ3n) is 3.97. The Hall–Kier alpha value is -0.700. The van der Waals surface area contributed by atoms with Gasteiger partial charge in [0.15, 0.2) is 11.5 Å². The minimum Gasteiger partial charge on any atom is -0.493 e. The van der Waals surface area contributed by atoms with Crippen LogP contribution in [0.4, 0.5) is 0 Å². The van der Waals surface area contributed by atoms with E-state index in [9.17, 15) is 0 Å². The zero-order valence-corrected chi connectivity index (χ0v) is 11.7. The highest BCUT2D eigenvalue weighted by molar-refractivity contribution is 9.10. The third-order valence-corrected chi connectivity index (χ3v) is 4.71. The highest BCUT2D eigenvalue weighted by atomic mass is 79.9. The van der Waals surface area contributed by atoms with Gasteiger partial charge in [-0.05, 0) is 37.8 Å². The second-order valence-electron chi connectivity index (χ2n) is 5.08. The predicted octanol–water partition coefficient (Wildman–Crippen LogP) is 4.10. The second-order valence-corrected chi connectivity index (χ2v) is 5.93. The number of benzene rings is 1. The van der Waals surface area contributed by atoms with Crippen LogP contribution >= 0.6 is 15.9 Å². The largest absolute Gasteiger partial charge is 0.493 e. The summed E-state index contributed by atoms with van der Waals surface area (Å²) in [5.74, 6) is 1.83. The van der Waals surface area contributed by atoms with Gasteiger partial charge in [-0.25, -0.2) is 0 Å². The number of rotatable bonds is 1. The topological polar surface area (TPSA) is 18.5 Å². The first kappa shape index (κ1) is 11.4. The third kappa shape index (κ3) is 1.85. The average molecular weight is 297 g/mol. The Morgan fingerprint density at radius 3 is 2.71 bits per heavy atom. The van der Waals surface area contributed by atoms with Crippen LogP contribution in [0.15, 0.2) is 16.6 Å². The molecule has 2 nitrogen and oxygen atoms in total. The molecule has 1 aliphatic heterocycles. The van der Waals surface area contributed by atoms with Crippen LogP contribution in [0, 0.1) is 0 Å². The van der Waals surface area contributed by atoms with Crippen molar-refractivity contribution in [2.45, 2.75) is 44.1 Å². The Balaban J connectivity index is 1.98. The molecule has 0 radical (unpaired) electrons. The molecule has 0 N–H and O–H groups in total. The Labute approximate surface area is 110 Å². The molecular weight excluding hydrogens is 280 g/mol. The van der Waals surface area contributed by atoms with Gasteiger partial charge in [-0.2, -0.15) is 0 Å². The fourth-order valence-electron chi connectivity index (χ4n) is 3.07. The number of halogens is 1. The number of fused-ring (bicyclic) bond motifs is 1. The summed E-state index contributed by atoms with van der Waals surface area (Å²) in [6, 6.07) is 4.04. The summed E-state index contributed by atoms with van der Waals surface area (Å²) in [7, 11) is 1.71. The summed E-state index contributed by atoms with van der Waals surface area (Å²) < 4.78 is 12.8. The lowest BCUT2D eigenvalue weighted by Crippen LogP contribution is -2.36. The number of ether oxygens (including phenoxy) is 2. The van der Waals surface area contributed by atoms with E-state index in [0.717, 1.165) is 22.4 Å². The van der Waals surface area contributed by atoms with E-state index in [0.29, 0.717) is 0 Å². The molecule has 1 aromatic carbocycles. The fourth-order valence-corrected chi connectivity index (χ4v) is 3.52. The van der Waals surface area contributed by atoms with Crippen molar-refractivity contribution in [3.63, 3.8) is 0 Å². The summed E-state index contributed by atoms with van der Waals surface area (Å²) in [5, 5.41) is 0. The minimum absolute atomic E-state index is 0.0533. The van der Waals surface area contributed by atoms with Crippen LogP contribution in [-0.4, -0.2) is 12.7 Å².